The van der Waals surface area contributed by atoms with Crippen LogP contribution in [0.2, 0.25) is 5.02 Å². The van der Waals surface area contributed by atoms with Gasteiger partial charge in [0.25, 0.3) is 11.6 Å². The van der Waals surface area contributed by atoms with Crippen LogP contribution in [0.4, 0.5) is 11.4 Å². The Morgan fingerprint density at radius 1 is 1.60 bits per heavy atom. The van der Waals surface area contributed by atoms with Gasteiger partial charge in [0.15, 0.2) is 0 Å². The molecule has 0 unspecified atom stereocenters. The number of halogens is 1. The first kappa shape index (κ1) is 14.5. The Morgan fingerprint density at radius 2 is 2.25 bits per heavy atom. The zero-order chi connectivity index (χ0) is 14.9. The van der Waals surface area contributed by atoms with E-state index in [1.54, 1.807) is 4.90 Å². The molecule has 1 aliphatic rings. The summed E-state index contributed by atoms with van der Waals surface area (Å²) in [6.07, 6.45) is 1.94. The lowest BCUT2D eigenvalue weighted by Gasteiger charge is -2.20. The molecule has 1 aromatic rings. The smallest absolute Gasteiger partial charge is 0.295 e. The maximum absolute atomic E-state index is 12.4. The monoisotopic (exact) mass is 298 g/mol. The van der Waals surface area contributed by atoms with Gasteiger partial charge < -0.3 is 10.3 Å². The lowest BCUT2D eigenvalue weighted by atomic mass is 10.1. The van der Waals surface area contributed by atoms with Crippen LogP contribution in [-0.4, -0.2) is 28.3 Å². The Balaban J connectivity index is 2.41. The molecule has 7 nitrogen and oxygen atoms in total. The quantitative estimate of drug-likeness (QED) is 0.493. The van der Waals surface area contributed by atoms with Gasteiger partial charge in [0.2, 0.25) is 0 Å². The molecule has 20 heavy (non-hydrogen) atoms. The summed E-state index contributed by atoms with van der Waals surface area (Å²) >= 11 is 5.95. The van der Waals surface area contributed by atoms with Crippen molar-refractivity contribution >= 4 is 28.9 Å². The van der Waals surface area contributed by atoms with E-state index in [1.165, 1.54) is 12.1 Å². The Bertz CT molecular complexity index is 560. The molecule has 0 spiro atoms. The normalized spacial score (nSPS) is 13.9. The van der Waals surface area contributed by atoms with Crippen molar-refractivity contribution in [2.24, 2.45) is 5.84 Å². The number of nitrogens with zero attached hydrogens (tertiary/aromatic N) is 2. The summed E-state index contributed by atoms with van der Waals surface area (Å²) in [5.74, 6) is 4.98. The van der Waals surface area contributed by atoms with Crippen molar-refractivity contribution in [2.45, 2.75) is 25.8 Å². The van der Waals surface area contributed by atoms with E-state index in [1.807, 2.05) is 6.92 Å². The Kier molecular flexibility index (Phi) is 4.10. The van der Waals surface area contributed by atoms with Crippen LogP contribution in [0.25, 0.3) is 0 Å². The third-order valence-corrected chi connectivity index (χ3v) is 3.54. The predicted molar refractivity (Wildman–Crippen MR) is 75.6 cm³/mol. The topological polar surface area (TPSA) is 102 Å². The highest BCUT2D eigenvalue weighted by atomic mass is 35.5. The summed E-state index contributed by atoms with van der Waals surface area (Å²) in [5.41, 5.74) is 2.09. The van der Waals surface area contributed by atoms with Gasteiger partial charge in [-0.25, -0.2) is 0 Å². The van der Waals surface area contributed by atoms with E-state index in [0.29, 0.717) is 6.54 Å². The maximum Gasteiger partial charge on any atom is 0.295 e. The Morgan fingerprint density at radius 3 is 2.70 bits per heavy atom. The van der Waals surface area contributed by atoms with Gasteiger partial charge in [-0.3, -0.25) is 20.8 Å². The molecule has 0 aliphatic heterocycles. The highest BCUT2D eigenvalue weighted by Crippen LogP contribution is 2.34. The number of hydrazine groups is 1. The highest BCUT2D eigenvalue weighted by molar-refractivity contribution is 6.34. The highest BCUT2D eigenvalue weighted by Gasteiger charge is 2.33. The number of rotatable bonds is 5. The van der Waals surface area contributed by atoms with Crippen molar-refractivity contribution in [1.29, 1.82) is 0 Å². The molecular weight excluding hydrogens is 284 g/mol. The number of nitrogens with one attached hydrogen (secondary N) is 1. The van der Waals surface area contributed by atoms with E-state index in [9.17, 15) is 14.9 Å². The van der Waals surface area contributed by atoms with Crippen molar-refractivity contribution in [1.82, 2.24) is 4.90 Å². The third-order valence-electron chi connectivity index (χ3n) is 3.25. The molecule has 2 rings (SSSR count). The number of nitro groups is 1. The summed E-state index contributed by atoms with van der Waals surface area (Å²) in [4.78, 5) is 24.5. The second-order valence-corrected chi connectivity index (χ2v) is 4.98. The molecule has 108 valence electrons. The van der Waals surface area contributed by atoms with Crippen molar-refractivity contribution in [3.63, 3.8) is 0 Å². The van der Waals surface area contributed by atoms with Crippen LogP contribution in [0.5, 0.6) is 0 Å². The number of carbonyl (C=O) groups is 1. The van der Waals surface area contributed by atoms with E-state index >= 15 is 0 Å². The van der Waals surface area contributed by atoms with E-state index in [2.05, 4.69) is 5.43 Å². The lowest BCUT2D eigenvalue weighted by molar-refractivity contribution is -0.384. The summed E-state index contributed by atoms with van der Waals surface area (Å²) in [6.45, 7) is 2.44. The van der Waals surface area contributed by atoms with Gasteiger partial charge in [0, 0.05) is 24.2 Å². The summed E-state index contributed by atoms with van der Waals surface area (Å²) in [5, 5.41) is 11.1. The molecule has 1 aromatic carbocycles. The molecule has 0 heterocycles. The minimum absolute atomic E-state index is 0.00249. The predicted octanol–water partition coefficient (Wildman–Crippen LogP) is 2.16. The number of benzene rings is 1. The third kappa shape index (κ3) is 2.68. The summed E-state index contributed by atoms with van der Waals surface area (Å²) in [6, 6.07) is 2.84. The summed E-state index contributed by atoms with van der Waals surface area (Å²) < 4.78 is 0. The fraction of sp³-hybridized carbons (Fsp3) is 0.417. The molecule has 0 atom stereocenters. The van der Waals surface area contributed by atoms with Gasteiger partial charge in [-0.15, -0.1) is 0 Å². The Labute approximate surface area is 120 Å². The number of nitro benzene ring substituents is 1. The molecule has 1 aliphatic carbocycles. The minimum atomic E-state index is -0.620. The molecule has 8 heteroatoms. The number of hydrogen-bond acceptors (Lipinski definition) is 5. The maximum atomic E-state index is 12.4. The molecule has 1 fully saturated rings. The molecule has 0 bridgehead atoms. The molecule has 3 N–H and O–H groups in total. The fourth-order valence-corrected chi connectivity index (χ4v) is 2.39. The van der Waals surface area contributed by atoms with Gasteiger partial charge in [-0.05, 0) is 25.8 Å². The van der Waals surface area contributed by atoms with E-state index in [4.69, 9.17) is 17.4 Å². The average molecular weight is 299 g/mol. The molecule has 0 aromatic heterocycles. The summed E-state index contributed by atoms with van der Waals surface area (Å²) in [7, 11) is 0. The number of amides is 1. The van der Waals surface area contributed by atoms with Crippen LogP contribution in [0.1, 0.15) is 30.1 Å². The Hall–Kier alpha value is -1.86. The fourth-order valence-electron chi connectivity index (χ4n) is 2.12. The van der Waals surface area contributed by atoms with Crippen molar-refractivity contribution < 1.29 is 9.72 Å². The van der Waals surface area contributed by atoms with Crippen LogP contribution in [-0.2, 0) is 0 Å². The van der Waals surface area contributed by atoms with E-state index in [0.717, 1.165) is 12.8 Å². The van der Waals surface area contributed by atoms with Gasteiger partial charge in [0.1, 0.15) is 5.69 Å². The largest absolute Gasteiger partial charge is 0.336 e. The number of hydrogen-bond donors (Lipinski definition) is 2. The number of anilines is 1. The first-order chi connectivity index (χ1) is 9.49. The van der Waals surface area contributed by atoms with Crippen LogP contribution < -0.4 is 11.3 Å². The van der Waals surface area contributed by atoms with Gasteiger partial charge >= 0.3 is 0 Å². The van der Waals surface area contributed by atoms with Crippen LogP contribution >= 0.6 is 11.6 Å². The molecular formula is C12H15ClN4O3. The average Bonchev–Trinajstić information content (AvgIpc) is 3.23. The van der Waals surface area contributed by atoms with Crippen LogP contribution in [0.15, 0.2) is 12.1 Å². The van der Waals surface area contributed by atoms with Crippen molar-refractivity contribution in [2.75, 3.05) is 12.0 Å². The zero-order valence-corrected chi connectivity index (χ0v) is 11.7. The SMILES string of the molecule is CCN(C(=O)c1cc(Cl)c(NN)c([N+](=O)[O-])c1)C1CC1. The van der Waals surface area contributed by atoms with Gasteiger partial charge in [-0.2, -0.15) is 0 Å². The molecule has 1 saturated carbocycles. The minimum Gasteiger partial charge on any atom is -0.336 e. The van der Waals surface area contributed by atoms with Gasteiger partial charge in [0.05, 0.1) is 9.95 Å². The molecule has 0 radical (unpaired) electrons. The number of nitrogen functional groups attached to an aromatic ring is 1. The molecule has 1 amide bonds. The lowest BCUT2D eigenvalue weighted by Crippen LogP contribution is -2.32. The first-order valence-corrected chi connectivity index (χ1v) is 6.62. The van der Waals surface area contributed by atoms with Gasteiger partial charge in [-0.1, -0.05) is 11.6 Å². The van der Waals surface area contributed by atoms with Crippen LogP contribution in [0, 0.1) is 10.1 Å². The zero-order valence-electron chi connectivity index (χ0n) is 10.9. The van der Waals surface area contributed by atoms with Crippen LogP contribution in [0.3, 0.4) is 0 Å². The van der Waals surface area contributed by atoms with Crippen molar-refractivity contribution in [3.8, 4) is 0 Å². The van der Waals surface area contributed by atoms with E-state index in [-0.39, 0.29) is 33.9 Å². The standard InChI is InChI=1S/C12H15ClN4O3/c1-2-16(8-3-4-8)12(18)7-5-9(13)11(15-14)10(6-7)17(19)20/h5-6,8,15H,2-4,14H2,1H3. The van der Waals surface area contributed by atoms with E-state index < -0.39 is 4.92 Å². The number of nitrogens with two attached hydrogens (primary N) is 1. The first-order valence-electron chi connectivity index (χ1n) is 6.25. The second kappa shape index (κ2) is 5.64. The molecule has 0 saturated heterocycles. The van der Waals surface area contributed by atoms with Crippen molar-refractivity contribution in [3.05, 3.63) is 32.8 Å². The number of carbonyl (C=O) groups excluding carboxylic acids is 1. The second-order valence-electron chi connectivity index (χ2n) is 4.58.